The fraction of sp³-hybridized carbons (Fsp3) is 0.550. The van der Waals surface area contributed by atoms with Crippen molar-refractivity contribution in [3.8, 4) is 5.75 Å². The highest BCUT2D eigenvalue weighted by Crippen LogP contribution is 2.15. The van der Waals surface area contributed by atoms with Crippen molar-refractivity contribution in [2.45, 2.75) is 65.2 Å². The summed E-state index contributed by atoms with van der Waals surface area (Å²) in [5.74, 6) is 0.958. The Balaban J connectivity index is 2.14. The van der Waals surface area contributed by atoms with Gasteiger partial charge in [0.1, 0.15) is 5.75 Å². The van der Waals surface area contributed by atoms with Crippen LogP contribution in [0.4, 0.5) is 0 Å². The van der Waals surface area contributed by atoms with Gasteiger partial charge in [-0.3, -0.25) is 4.79 Å². The lowest BCUT2D eigenvalue weighted by molar-refractivity contribution is 0.0987. The Hall–Kier alpha value is -1.57. The molecule has 0 radical (unpaired) electrons. The van der Waals surface area contributed by atoms with Crippen molar-refractivity contribution >= 4 is 5.78 Å². The van der Waals surface area contributed by atoms with Gasteiger partial charge in [-0.2, -0.15) is 0 Å². The number of ketones is 1. The van der Waals surface area contributed by atoms with Gasteiger partial charge in [0, 0.05) is 12.0 Å². The number of benzene rings is 1. The van der Waals surface area contributed by atoms with E-state index in [1.807, 2.05) is 31.2 Å². The molecule has 2 nitrogen and oxygen atoms in total. The zero-order valence-electron chi connectivity index (χ0n) is 14.1. The lowest BCUT2D eigenvalue weighted by atomic mass is 10.1. The molecule has 1 rings (SSSR count). The molecule has 0 bridgehead atoms. The zero-order chi connectivity index (χ0) is 16.0. The first-order valence-electron chi connectivity index (χ1n) is 8.69. The summed E-state index contributed by atoms with van der Waals surface area (Å²) in [5.41, 5.74) is 0.743. The average molecular weight is 302 g/mol. The zero-order valence-corrected chi connectivity index (χ0v) is 14.1. The molecule has 0 spiro atoms. The van der Waals surface area contributed by atoms with Crippen molar-refractivity contribution in [3.63, 3.8) is 0 Å². The smallest absolute Gasteiger partial charge is 0.162 e. The molecule has 0 aliphatic carbocycles. The molecule has 2 heteroatoms. The van der Waals surface area contributed by atoms with Crippen molar-refractivity contribution in [1.29, 1.82) is 0 Å². The average Bonchev–Trinajstić information content (AvgIpc) is 2.56. The Morgan fingerprint density at radius 2 is 1.82 bits per heavy atom. The van der Waals surface area contributed by atoms with E-state index < -0.39 is 0 Å². The van der Waals surface area contributed by atoms with Crippen molar-refractivity contribution in [2.75, 3.05) is 6.61 Å². The minimum Gasteiger partial charge on any atom is -0.494 e. The molecule has 0 saturated heterocycles. The predicted molar refractivity (Wildman–Crippen MR) is 93.7 cm³/mol. The number of allylic oxidation sites excluding steroid dienone is 2. The highest BCUT2D eigenvalue weighted by atomic mass is 16.5. The first-order chi connectivity index (χ1) is 10.8. The second kappa shape index (κ2) is 12.0. The van der Waals surface area contributed by atoms with Crippen LogP contribution in [-0.2, 0) is 0 Å². The Labute approximate surface area is 135 Å². The van der Waals surface area contributed by atoms with Gasteiger partial charge in [0.25, 0.3) is 0 Å². The Bertz CT molecular complexity index is 449. The number of unbranched alkanes of at least 4 members (excludes halogenated alkanes) is 5. The summed E-state index contributed by atoms with van der Waals surface area (Å²) >= 11 is 0. The third kappa shape index (κ3) is 8.02. The molecule has 0 amide bonds. The molecule has 0 aliphatic rings. The van der Waals surface area contributed by atoms with E-state index in [-0.39, 0.29) is 5.78 Å². The molecule has 1 aromatic carbocycles. The number of carbonyl (C=O) groups is 1. The van der Waals surface area contributed by atoms with Gasteiger partial charge in [-0.15, -0.1) is 0 Å². The second-order valence-corrected chi connectivity index (χ2v) is 5.62. The molecule has 0 unspecified atom stereocenters. The highest BCUT2D eigenvalue weighted by Gasteiger charge is 2.03. The molecule has 0 aromatic heterocycles. The van der Waals surface area contributed by atoms with Crippen LogP contribution >= 0.6 is 0 Å². The number of carbonyl (C=O) groups excluding carboxylic acids is 1. The molecule has 0 atom stereocenters. The normalized spacial score (nSPS) is 11.0. The van der Waals surface area contributed by atoms with Crippen LogP contribution in [0, 0.1) is 0 Å². The SMILES string of the molecule is CCCCCC/C=C\CCCOc1cccc(C(=O)CC)c1. The van der Waals surface area contributed by atoms with Gasteiger partial charge in [0.05, 0.1) is 6.61 Å². The van der Waals surface area contributed by atoms with Crippen LogP contribution in [0.3, 0.4) is 0 Å². The van der Waals surface area contributed by atoms with Gasteiger partial charge in [-0.05, 0) is 37.8 Å². The van der Waals surface area contributed by atoms with Crippen molar-refractivity contribution in [3.05, 3.63) is 42.0 Å². The molecule has 0 saturated carbocycles. The number of hydrogen-bond donors (Lipinski definition) is 0. The third-order valence-corrected chi connectivity index (χ3v) is 3.65. The number of hydrogen-bond acceptors (Lipinski definition) is 2. The topological polar surface area (TPSA) is 26.3 Å². The van der Waals surface area contributed by atoms with E-state index in [1.165, 1.54) is 32.1 Å². The quantitative estimate of drug-likeness (QED) is 0.270. The van der Waals surface area contributed by atoms with Crippen LogP contribution in [0.1, 0.15) is 75.6 Å². The van der Waals surface area contributed by atoms with E-state index in [9.17, 15) is 4.79 Å². The van der Waals surface area contributed by atoms with E-state index in [0.717, 1.165) is 24.2 Å². The largest absolute Gasteiger partial charge is 0.494 e. The van der Waals surface area contributed by atoms with Crippen LogP contribution in [-0.4, -0.2) is 12.4 Å². The fourth-order valence-electron chi connectivity index (χ4n) is 2.28. The lowest BCUT2D eigenvalue weighted by Crippen LogP contribution is -2.00. The minimum atomic E-state index is 0.163. The van der Waals surface area contributed by atoms with Crippen LogP contribution < -0.4 is 4.74 Å². The molecule has 0 aliphatic heterocycles. The van der Waals surface area contributed by atoms with Gasteiger partial charge in [-0.1, -0.05) is 57.4 Å². The minimum absolute atomic E-state index is 0.163. The van der Waals surface area contributed by atoms with E-state index in [4.69, 9.17) is 4.74 Å². The standard InChI is InChI=1S/C20H30O2/c1-3-5-6-7-8-9-10-11-12-16-22-19-15-13-14-18(17-19)20(21)4-2/h9-10,13-15,17H,3-8,11-12,16H2,1-2H3/b10-9-. The van der Waals surface area contributed by atoms with Gasteiger partial charge in [0.2, 0.25) is 0 Å². The van der Waals surface area contributed by atoms with Gasteiger partial charge in [-0.25, -0.2) is 0 Å². The maximum Gasteiger partial charge on any atom is 0.162 e. The fourth-order valence-corrected chi connectivity index (χ4v) is 2.28. The maximum atomic E-state index is 11.6. The van der Waals surface area contributed by atoms with E-state index in [2.05, 4.69) is 19.1 Å². The van der Waals surface area contributed by atoms with E-state index in [0.29, 0.717) is 13.0 Å². The number of rotatable bonds is 12. The van der Waals surface area contributed by atoms with Gasteiger partial charge in [0.15, 0.2) is 5.78 Å². The molecular weight excluding hydrogens is 272 g/mol. The third-order valence-electron chi connectivity index (χ3n) is 3.65. The monoisotopic (exact) mass is 302 g/mol. The van der Waals surface area contributed by atoms with Crippen LogP contribution in [0.25, 0.3) is 0 Å². The summed E-state index contributed by atoms with van der Waals surface area (Å²) < 4.78 is 5.71. The summed E-state index contributed by atoms with van der Waals surface area (Å²) in [6.07, 6.45) is 13.6. The molecule has 0 N–H and O–H groups in total. The van der Waals surface area contributed by atoms with Crippen LogP contribution in [0.2, 0.25) is 0 Å². The number of Topliss-reactive ketones (excluding diaryl/α,β-unsaturated/α-hetero) is 1. The van der Waals surface area contributed by atoms with E-state index >= 15 is 0 Å². The molecule has 0 fully saturated rings. The lowest BCUT2D eigenvalue weighted by Gasteiger charge is -2.06. The Kier molecular flexibility index (Phi) is 10.1. The highest BCUT2D eigenvalue weighted by molar-refractivity contribution is 5.96. The van der Waals surface area contributed by atoms with Crippen molar-refractivity contribution in [1.82, 2.24) is 0 Å². The van der Waals surface area contributed by atoms with Gasteiger partial charge < -0.3 is 4.74 Å². The predicted octanol–water partition coefficient (Wildman–Crippen LogP) is 5.96. The Morgan fingerprint density at radius 1 is 1.05 bits per heavy atom. The number of ether oxygens (including phenoxy) is 1. The first kappa shape index (κ1) is 18.5. The van der Waals surface area contributed by atoms with Crippen LogP contribution in [0.5, 0.6) is 5.75 Å². The maximum absolute atomic E-state index is 11.6. The molecule has 122 valence electrons. The van der Waals surface area contributed by atoms with Crippen LogP contribution in [0.15, 0.2) is 36.4 Å². The molecule has 1 aromatic rings. The second-order valence-electron chi connectivity index (χ2n) is 5.62. The summed E-state index contributed by atoms with van der Waals surface area (Å²) in [5, 5.41) is 0. The summed E-state index contributed by atoms with van der Waals surface area (Å²) in [6.45, 7) is 4.82. The molecular formula is C20H30O2. The first-order valence-corrected chi connectivity index (χ1v) is 8.69. The summed E-state index contributed by atoms with van der Waals surface area (Å²) in [7, 11) is 0. The Morgan fingerprint density at radius 3 is 2.55 bits per heavy atom. The van der Waals surface area contributed by atoms with Gasteiger partial charge >= 0.3 is 0 Å². The summed E-state index contributed by atoms with van der Waals surface area (Å²) in [6, 6.07) is 7.49. The van der Waals surface area contributed by atoms with E-state index in [1.54, 1.807) is 0 Å². The molecule has 0 heterocycles. The van der Waals surface area contributed by atoms with Crippen molar-refractivity contribution < 1.29 is 9.53 Å². The van der Waals surface area contributed by atoms with Crippen molar-refractivity contribution in [2.24, 2.45) is 0 Å². The molecule has 22 heavy (non-hydrogen) atoms. The summed E-state index contributed by atoms with van der Waals surface area (Å²) in [4.78, 5) is 11.6.